The van der Waals surface area contributed by atoms with Crippen LogP contribution in [0.2, 0.25) is 5.02 Å². The second-order valence-corrected chi connectivity index (χ2v) is 7.34. The van der Waals surface area contributed by atoms with Gasteiger partial charge >= 0.3 is 0 Å². The molecule has 4 nitrogen and oxygen atoms in total. The fraction of sp³-hybridized carbons (Fsp3) is 0.312. The summed E-state index contributed by atoms with van der Waals surface area (Å²) in [6.45, 7) is 0.455. The number of rotatable bonds is 8. The molecule has 0 bridgehead atoms. The van der Waals surface area contributed by atoms with Crippen molar-refractivity contribution in [3.63, 3.8) is 0 Å². The zero-order chi connectivity index (χ0) is 15.8. The van der Waals surface area contributed by atoms with Crippen molar-refractivity contribution >= 4 is 21.6 Å². The number of benzene rings is 1. The predicted octanol–water partition coefficient (Wildman–Crippen LogP) is 3.18. The summed E-state index contributed by atoms with van der Waals surface area (Å²) in [5.74, 6) is -0.0211. The minimum absolute atomic E-state index is 0.0211. The zero-order valence-corrected chi connectivity index (χ0v) is 13.8. The minimum atomic E-state index is -3.30. The number of aryl methyl sites for hydroxylation is 1. The van der Waals surface area contributed by atoms with Crippen LogP contribution in [-0.4, -0.2) is 19.9 Å². The van der Waals surface area contributed by atoms with E-state index in [0.717, 1.165) is 24.8 Å². The van der Waals surface area contributed by atoms with E-state index in [1.165, 1.54) is 5.56 Å². The van der Waals surface area contributed by atoms with Crippen molar-refractivity contribution in [2.45, 2.75) is 25.0 Å². The zero-order valence-electron chi connectivity index (χ0n) is 12.2. The van der Waals surface area contributed by atoms with E-state index in [1.54, 1.807) is 30.5 Å². The highest BCUT2D eigenvalue weighted by Gasteiger charge is 2.10. The average molecular weight is 339 g/mol. The van der Waals surface area contributed by atoms with Gasteiger partial charge in [-0.15, -0.1) is 0 Å². The first kappa shape index (κ1) is 16.9. The number of nitrogens with one attached hydrogen (secondary N) is 1. The maximum atomic E-state index is 12.0. The van der Waals surface area contributed by atoms with E-state index in [9.17, 15) is 8.42 Å². The maximum Gasteiger partial charge on any atom is 0.215 e. The molecule has 0 radical (unpaired) electrons. The lowest BCUT2D eigenvalue weighted by Gasteiger charge is -2.07. The van der Waals surface area contributed by atoms with Crippen molar-refractivity contribution in [1.29, 1.82) is 0 Å². The number of nitrogens with zero attached hydrogens (tertiary/aromatic N) is 1. The quantitative estimate of drug-likeness (QED) is 0.752. The van der Waals surface area contributed by atoms with Crippen LogP contribution in [-0.2, 0) is 22.2 Å². The van der Waals surface area contributed by atoms with E-state index in [4.69, 9.17) is 11.6 Å². The fourth-order valence-corrected chi connectivity index (χ4v) is 3.39. The molecule has 22 heavy (non-hydrogen) atoms. The molecular formula is C16H19ClN2O2S. The van der Waals surface area contributed by atoms with E-state index in [-0.39, 0.29) is 5.75 Å². The molecule has 1 aromatic carbocycles. The minimum Gasteiger partial charge on any atom is -0.264 e. The van der Waals surface area contributed by atoms with Gasteiger partial charge in [-0.3, -0.25) is 4.98 Å². The molecular weight excluding hydrogens is 320 g/mol. The van der Waals surface area contributed by atoms with E-state index < -0.39 is 10.0 Å². The molecule has 2 rings (SSSR count). The summed E-state index contributed by atoms with van der Waals surface area (Å²) < 4.78 is 26.6. The van der Waals surface area contributed by atoms with E-state index in [1.807, 2.05) is 18.3 Å². The number of halogens is 1. The van der Waals surface area contributed by atoms with Crippen molar-refractivity contribution in [2.24, 2.45) is 0 Å². The molecule has 0 aliphatic heterocycles. The Morgan fingerprint density at radius 1 is 1.05 bits per heavy atom. The van der Waals surface area contributed by atoms with Crippen LogP contribution in [0.5, 0.6) is 0 Å². The number of aromatic nitrogens is 1. The van der Waals surface area contributed by atoms with Crippen LogP contribution in [0, 0.1) is 0 Å². The van der Waals surface area contributed by atoms with Gasteiger partial charge in [-0.1, -0.05) is 29.8 Å². The summed E-state index contributed by atoms with van der Waals surface area (Å²) in [7, 11) is -3.30. The largest absolute Gasteiger partial charge is 0.264 e. The Morgan fingerprint density at radius 2 is 1.82 bits per heavy atom. The first-order valence-electron chi connectivity index (χ1n) is 7.16. The van der Waals surface area contributed by atoms with Crippen molar-refractivity contribution in [3.05, 3.63) is 64.9 Å². The average Bonchev–Trinajstić information content (AvgIpc) is 2.50. The molecule has 6 heteroatoms. The Hall–Kier alpha value is -1.43. The number of unbranched alkanes of at least 4 members (excludes halogenated alkanes) is 1. The molecule has 0 aliphatic carbocycles. The molecule has 118 valence electrons. The Labute approximate surface area is 136 Å². The summed E-state index contributed by atoms with van der Waals surface area (Å²) in [4.78, 5) is 4.05. The standard InChI is InChI=1S/C16H19ClN2O2S/c17-16-8-6-15(7-9-16)13-22(20,21)19-11-2-1-4-14-5-3-10-18-12-14/h3,5-10,12,19H,1-2,4,11,13H2. The summed E-state index contributed by atoms with van der Waals surface area (Å²) in [5, 5.41) is 0.601. The van der Waals surface area contributed by atoms with Crippen LogP contribution in [0.15, 0.2) is 48.8 Å². The fourth-order valence-electron chi connectivity index (χ4n) is 2.08. The highest BCUT2D eigenvalue weighted by Crippen LogP contribution is 2.11. The lowest BCUT2D eigenvalue weighted by atomic mass is 10.1. The van der Waals surface area contributed by atoms with Gasteiger partial charge in [-0.25, -0.2) is 13.1 Å². The number of pyridine rings is 1. The number of hydrogen-bond donors (Lipinski definition) is 1. The van der Waals surface area contributed by atoms with Crippen LogP contribution in [0.4, 0.5) is 0 Å². The first-order valence-corrected chi connectivity index (χ1v) is 9.19. The molecule has 2 aromatic rings. The van der Waals surface area contributed by atoms with Gasteiger partial charge in [0.15, 0.2) is 0 Å². The van der Waals surface area contributed by atoms with Crippen LogP contribution in [0.25, 0.3) is 0 Å². The lowest BCUT2D eigenvalue weighted by Crippen LogP contribution is -2.26. The van der Waals surface area contributed by atoms with E-state index in [2.05, 4.69) is 9.71 Å². The molecule has 0 aliphatic rings. The first-order chi connectivity index (χ1) is 10.6. The van der Waals surface area contributed by atoms with Crippen molar-refractivity contribution in [2.75, 3.05) is 6.54 Å². The summed E-state index contributed by atoms with van der Waals surface area (Å²) in [6, 6.07) is 10.8. The van der Waals surface area contributed by atoms with Gasteiger partial charge in [-0.2, -0.15) is 0 Å². The molecule has 1 N–H and O–H groups in total. The molecule has 1 aromatic heterocycles. The Morgan fingerprint density at radius 3 is 2.50 bits per heavy atom. The normalized spacial score (nSPS) is 11.5. The third-order valence-corrected chi connectivity index (χ3v) is 4.82. The predicted molar refractivity (Wildman–Crippen MR) is 89.3 cm³/mol. The second kappa shape index (κ2) is 8.27. The van der Waals surface area contributed by atoms with Gasteiger partial charge in [0.2, 0.25) is 10.0 Å². The van der Waals surface area contributed by atoms with Crippen LogP contribution >= 0.6 is 11.6 Å². The van der Waals surface area contributed by atoms with Crippen LogP contribution in [0.1, 0.15) is 24.0 Å². The molecule has 0 amide bonds. The Kier molecular flexibility index (Phi) is 6.36. The molecule has 0 fully saturated rings. The number of hydrogen-bond acceptors (Lipinski definition) is 3. The molecule has 1 heterocycles. The highest BCUT2D eigenvalue weighted by atomic mass is 35.5. The Bertz CT molecular complexity index is 673. The summed E-state index contributed by atoms with van der Waals surface area (Å²) in [6.07, 6.45) is 6.22. The third kappa shape index (κ3) is 6.13. The smallest absolute Gasteiger partial charge is 0.215 e. The van der Waals surface area contributed by atoms with Crippen molar-refractivity contribution in [1.82, 2.24) is 9.71 Å². The van der Waals surface area contributed by atoms with E-state index in [0.29, 0.717) is 11.6 Å². The van der Waals surface area contributed by atoms with Crippen LogP contribution < -0.4 is 4.72 Å². The molecule has 0 saturated heterocycles. The summed E-state index contributed by atoms with van der Waals surface area (Å²) >= 11 is 5.78. The van der Waals surface area contributed by atoms with Gasteiger partial charge in [0.1, 0.15) is 0 Å². The summed E-state index contributed by atoms with van der Waals surface area (Å²) in [5.41, 5.74) is 1.90. The topological polar surface area (TPSA) is 59.1 Å². The SMILES string of the molecule is O=S(=O)(Cc1ccc(Cl)cc1)NCCCCc1cccnc1. The molecule has 0 unspecified atom stereocenters. The lowest BCUT2D eigenvalue weighted by molar-refractivity contribution is 0.576. The van der Waals surface area contributed by atoms with Gasteiger partial charge in [0.25, 0.3) is 0 Å². The highest BCUT2D eigenvalue weighted by molar-refractivity contribution is 7.88. The second-order valence-electron chi connectivity index (χ2n) is 5.10. The van der Waals surface area contributed by atoms with Gasteiger partial charge < -0.3 is 0 Å². The van der Waals surface area contributed by atoms with Gasteiger partial charge in [-0.05, 0) is 48.6 Å². The van der Waals surface area contributed by atoms with Gasteiger partial charge in [0.05, 0.1) is 5.75 Å². The van der Waals surface area contributed by atoms with Crippen molar-refractivity contribution < 1.29 is 8.42 Å². The molecule has 0 atom stereocenters. The molecule has 0 saturated carbocycles. The number of sulfonamides is 1. The van der Waals surface area contributed by atoms with E-state index >= 15 is 0 Å². The molecule has 0 spiro atoms. The Balaban J connectivity index is 1.70. The van der Waals surface area contributed by atoms with Gasteiger partial charge in [0, 0.05) is 24.0 Å². The van der Waals surface area contributed by atoms with Crippen LogP contribution in [0.3, 0.4) is 0 Å². The maximum absolute atomic E-state index is 12.0. The third-order valence-electron chi connectivity index (χ3n) is 3.21. The monoisotopic (exact) mass is 338 g/mol. The van der Waals surface area contributed by atoms with Crippen molar-refractivity contribution in [3.8, 4) is 0 Å².